The minimum Gasteiger partial charge on any atom is -0.330 e. The van der Waals surface area contributed by atoms with Gasteiger partial charge in [0.1, 0.15) is 0 Å². The number of hydrogen-bond donors (Lipinski definition) is 3. The second-order valence-electron chi connectivity index (χ2n) is 5.39. The molecule has 1 heterocycles. The normalized spacial score (nSPS) is 17.7. The SMILES string of the molecule is NCC1(c2ccccc2-c2c[nH]c(=O)[nH]2)CCCC1. The van der Waals surface area contributed by atoms with Crippen LogP contribution in [0.3, 0.4) is 0 Å². The minimum atomic E-state index is -0.168. The van der Waals surface area contributed by atoms with E-state index in [0.717, 1.165) is 24.1 Å². The van der Waals surface area contributed by atoms with Crippen LogP contribution < -0.4 is 11.4 Å². The van der Waals surface area contributed by atoms with Crippen molar-refractivity contribution >= 4 is 0 Å². The fourth-order valence-electron chi connectivity index (χ4n) is 3.29. The summed E-state index contributed by atoms with van der Waals surface area (Å²) >= 11 is 0. The molecular weight excluding hydrogens is 238 g/mol. The highest BCUT2D eigenvalue weighted by Crippen LogP contribution is 2.43. The molecule has 0 aliphatic heterocycles. The summed E-state index contributed by atoms with van der Waals surface area (Å²) in [5.41, 5.74) is 9.19. The maximum absolute atomic E-state index is 11.3. The standard InChI is InChI=1S/C15H19N3O/c16-10-15(7-3-4-8-15)12-6-2-1-5-11(12)13-9-17-14(19)18-13/h1-2,5-6,9H,3-4,7-8,10,16H2,(H2,17,18,19). The number of benzene rings is 1. The molecule has 1 saturated carbocycles. The van der Waals surface area contributed by atoms with Crippen LogP contribution >= 0.6 is 0 Å². The van der Waals surface area contributed by atoms with Crippen LogP contribution in [0.1, 0.15) is 31.2 Å². The van der Waals surface area contributed by atoms with Crippen molar-refractivity contribution in [2.75, 3.05) is 6.54 Å². The van der Waals surface area contributed by atoms with Gasteiger partial charge in [0.25, 0.3) is 0 Å². The second kappa shape index (κ2) is 4.70. The quantitative estimate of drug-likeness (QED) is 0.788. The van der Waals surface area contributed by atoms with Crippen molar-refractivity contribution in [3.05, 3.63) is 46.5 Å². The Morgan fingerprint density at radius 1 is 1.21 bits per heavy atom. The number of aromatic nitrogens is 2. The van der Waals surface area contributed by atoms with E-state index in [1.807, 2.05) is 6.07 Å². The van der Waals surface area contributed by atoms with Crippen LogP contribution in [0, 0.1) is 0 Å². The van der Waals surface area contributed by atoms with Crippen molar-refractivity contribution in [2.24, 2.45) is 5.73 Å². The van der Waals surface area contributed by atoms with Crippen LogP contribution in [0.25, 0.3) is 11.3 Å². The molecule has 0 spiro atoms. The van der Waals surface area contributed by atoms with Crippen molar-refractivity contribution in [3.8, 4) is 11.3 Å². The zero-order valence-corrected chi connectivity index (χ0v) is 10.9. The molecule has 0 bridgehead atoms. The fourth-order valence-corrected chi connectivity index (χ4v) is 3.29. The molecule has 1 fully saturated rings. The maximum atomic E-state index is 11.3. The van der Waals surface area contributed by atoms with Crippen molar-refractivity contribution in [3.63, 3.8) is 0 Å². The number of nitrogens with two attached hydrogens (primary N) is 1. The predicted octanol–water partition coefficient (Wildman–Crippen LogP) is 2.14. The molecule has 4 heteroatoms. The van der Waals surface area contributed by atoms with Gasteiger partial charge in [-0.2, -0.15) is 0 Å². The third kappa shape index (κ3) is 2.02. The Labute approximate surface area is 112 Å². The molecule has 19 heavy (non-hydrogen) atoms. The first-order valence-electron chi connectivity index (χ1n) is 6.83. The summed E-state index contributed by atoms with van der Waals surface area (Å²) in [4.78, 5) is 16.8. The van der Waals surface area contributed by atoms with Crippen LogP contribution in [0.2, 0.25) is 0 Å². The smallest absolute Gasteiger partial charge is 0.323 e. The zero-order valence-electron chi connectivity index (χ0n) is 10.9. The lowest BCUT2D eigenvalue weighted by atomic mass is 9.76. The Bertz CT molecular complexity index is 620. The second-order valence-corrected chi connectivity index (χ2v) is 5.39. The Hall–Kier alpha value is -1.81. The van der Waals surface area contributed by atoms with E-state index in [0.29, 0.717) is 6.54 Å². The van der Waals surface area contributed by atoms with Gasteiger partial charge in [0.05, 0.1) is 5.69 Å². The first kappa shape index (κ1) is 12.2. The first-order valence-corrected chi connectivity index (χ1v) is 6.83. The van der Waals surface area contributed by atoms with Crippen LogP contribution in [0.15, 0.2) is 35.3 Å². The van der Waals surface area contributed by atoms with E-state index < -0.39 is 0 Å². The number of nitrogens with one attached hydrogen (secondary N) is 2. The maximum Gasteiger partial charge on any atom is 0.323 e. The lowest BCUT2D eigenvalue weighted by Crippen LogP contribution is -2.32. The highest BCUT2D eigenvalue weighted by Gasteiger charge is 2.36. The van der Waals surface area contributed by atoms with E-state index in [1.54, 1.807) is 6.20 Å². The molecule has 4 nitrogen and oxygen atoms in total. The van der Waals surface area contributed by atoms with Crippen LogP contribution in [-0.2, 0) is 5.41 Å². The van der Waals surface area contributed by atoms with Gasteiger partial charge < -0.3 is 15.7 Å². The monoisotopic (exact) mass is 257 g/mol. The molecule has 1 aromatic heterocycles. The van der Waals surface area contributed by atoms with Gasteiger partial charge in [0.2, 0.25) is 0 Å². The largest absolute Gasteiger partial charge is 0.330 e. The molecule has 1 aliphatic carbocycles. The Morgan fingerprint density at radius 3 is 2.58 bits per heavy atom. The molecule has 1 aromatic carbocycles. The van der Waals surface area contributed by atoms with Crippen LogP contribution in [0.5, 0.6) is 0 Å². The van der Waals surface area contributed by atoms with Crippen molar-refractivity contribution in [1.82, 2.24) is 9.97 Å². The summed E-state index contributed by atoms with van der Waals surface area (Å²) in [7, 11) is 0. The molecule has 2 aromatic rings. The molecule has 0 amide bonds. The Morgan fingerprint density at radius 2 is 1.95 bits per heavy atom. The summed E-state index contributed by atoms with van der Waals surface area (Å²) in [6.45, 7) is 0.665. The van der Waals surface area contributed by atoms with Gasteiger partial charge in [0.15, 0.2) is 0 Å². The van der Waals surface area contributed by atoms with Gasteiger partial charge >= 0.3 is 5.69 Å². The third-order valence-corrected chi connectivity index (χ3v) is 4.34. The van der Waals surface area contributed by atoms with E-state index in [9.17, 15) is 4.79 Å². The average Bonchev–Trinajstić information content (AvgIpc) is 3.08. The summed E-state index contributed by atoms with van der Waals surface area (Å²) < 4.78 is 0. The van der Waals surface area contributed by atoms with Gasteiger partial charge in [-0.3, -0.25) is 0 Å². The average molecular weight is 257 g/mol. The molecule has 0 unspecified atom stereocenters. The molecule has 3 rings (SSSR count). The van der Waals surface area contributed by atoms with E-state index in [1.165, 1.54) is 18.4 Å². The molecule has 100 valence electrons. The van der Waals surface area contributed by atoms with Gasteiger partial charge in [0, 0.05) is 23.7 Å². The lowest BCUT2D eigenvalue weighted by Gasteiger charge is -2.30. The summed E-state index contributed by atoms with van der Waals surface area (Å²) in [6.07, 6.45) is 6.47. The number of rotatable bonds is 3. The third-order valence-electron chi connectivity index (χ3n) is 4.34. The van der Waals surface area contributed by atoms with Gasteiger partial charge in [-0.1, -0.05) is 37.1 Å². The Kier molecular flexibility index (Phi) is 3.03. The fraction of sp³-hybridized carbons (Fsp3) is 0.400. The van der Waals surface area contributed by atoms with Crippen molar-refractivity contribution < 1.29 is 0 Å². The highest BCUT2D eigenvalue weighted by molar-refractivity contribution is 5.65. The molecular formula is C15H19N3O. The molecule has 0 radical (unpaired) electrons. The topological polar surface area (TPSA) is 74.7 Å². The summed E-state index contributed by atoms with van der Waals surface area (Å²) in [6, 6.07) is 8.27. The van der Waals surface area contributed by atoms with E-state index in [-0.39, 0.29) is 11.1 Å². The summed E-state index contributed by atoms with van der Waals surface area (Å²) in [5.74, 6) is 0. The molecule has 4 N–H and O–H groups in total. The highest BCUT2D eigenvalue weighted by atomic mass is 16.1. The van der Waals surface area contributed by atoms with Crippen LogP contribution in [0.4, 0.5) is 0 Å². The molecule has 0 atom stereocenters. The predicted molar refractivity (Wildman–Crippen MR) is 76.0 cm³/mol. The van der Waals surface area contributed by atoms with Gasteiger partial charge in [-0.15, -0.1) is 0 Å². The van der Waals surface area contributed by atoms with E-state index in [4.69, 9.17) is 5.73 Å². The number of imidazole rings is 1. The number of hydrogen-bond acceptors (Lipinski definition) is 2. The number of aromatic amines is 2. The molecule has 0 saturated heterocycles. The summed E-state index contributed by atoms with van der Waals surface area (Å²) in [5, 5.41) is 0. The van der Waals surface area contributed by atoms with Gasteiger partial charge in [-0.25, -0.2) is 4.79 Å². The van der Waals surface area contributed by atoms with Gasteiger partial charge in [-0.05, 0) is 18.4 Å². The van der Waals surface area contributed by atoms with Crippen LogP contribution in [-0.4, -0.2) is 16.5 Å². The van der Waals surface area contributed by atoms with E-state index >= 15 is 0 Å². The minimum absolute atomic E-state index is 0.0742. The zero-order chi connectivity index (χ0) is 13.3. The lowest BCUT2D eigenvalue weighted by molar-refractivity contribution is 0.454. The first-order chi connectivity index (χ1) is 9.25. The van der Waals surface area contributed by atoms with Crippen molar-refractivity contribution in [2.45, 2.75) is 31.1 Å². The Balaban J connectivity index is 2.14. The van der Waals surface area contributed by atoms with E-state index in [2.05, 4.69) is 28.2 Å². The number of H-pyrrole nitrogens is 2. The van der Waals surface area contributed by atoms with Crippen molar-refractivity contribution in [1.29, 1.82) is 0 Å². The molecule has 1 aliphatic rings.